The molecule has 0 radical (unpaired) electrons. The standard InChI is InChI=1S/C13H26N2O2/c1-13(2,3)17-12(16)15-9-6-11(7-10-15)5-4-8-14/h11H,4-10,14H2,1-3H3/p+1. The Kier molecular flexibility index (Phi) is 5.25. The van der Waals surface area contributed by atoms with Gasteiger partial charge in [0.1, 0.15) is 5.60 Å². The minimum absolute atomic E-state index is 0.159. The van der Waals surface area contributed by atoms with Crippen molar-refractivity contribution in [3.8, 4) is 0 Å². The van der Waals surface area contributed by atoms with Crippen molar-refractivity contribution in [3.63, 3.8) is 0 Å². The van der Waals surface area contributed by atoms with Gasteiger partial charge in [0.05, 0.1) is 6.54 Å². The average Bonchev–Trinajstić information content (AvgIpc) is 2.24. The van der Waals surface area contributed by atoms with E-state index < -0.39 is 0 Å². The summed E-state index contributed by atoms with van der Waals surface area (Å²) in [5.41, 5.74) is 3.48. The number of piperidine rings is 1. The van der Waals surface area contributed by atoms with Crippen molar-refractivity contribution in [2.24, 2.45) is 5.92 Å². The Morgan fingerprint density at radius 2 is 1.94 bits per heavy atom. The predicted molar refractivity (Wildman–Crippen MR) is 67.5 cm³/mol. The fourth-order valence-electron chi connectivity index (χ4n) is 2.16. The van der Waals surface area contributed by atoms with Gasteiger partial charge in [-0.2, -0.15) is 0 Å². The van der Waals surface area contributed by atoms with Crippen molar-refractivity contribution in [1.82, 2.24) is 4.90 Å². The minimum atomic E-state index is -0.387. The zero-order valence-corrected chi connectivity index (χ0v) is 11.5. The summed E-state index contributed by atoms with van der Waals surface area (Å²) in [6.45, 7) is 8.43. The number of carbonyl (C=O) groups is 1. The molecule has 1 aliphatic heterocycles. The second-order valence-corrected chi connectivity index (χ2v) is 5.91. The normalized spacial score (nSPS) is 18.2. The largest absolute Gasteiger partial charge is 0.444 e. The predicted octanol–water partition coefficient (Wildman–Crippen LogP) is 1.66. The third kappa shape index (κ3) is 5.39. The van der Waals surface area contributed by atoms with Gasteiger partial charge in [-0.25, -0.2) is 4.79 Å². The van der Waals surface area contributed by atoms with Crippen LogP contribution in [-0.4, -0.2) is 36.2 Å². The lowest BCUT2D eigenvalue weighted by atomic mass is 9.92. The van der Waals surface area contributed by atoms with E-state index >= 15 is 0 Å². The van der Waals surface area contributed by atoms with Crippen molar-refractivity contribution < 1.29 is 15.3 Å². The summed E-state index contributed by atoms with van der Waals surface area (Å²) in [4.78, 5) is 13.7. The fraction of sp³-hybridized carbons (Fsp3) is 0.923. The molecule has 0 saturated carbocycles. The summed E-state index contributed by atoms with van der Waals surface area (Å²) in [5, 5.41) is 0. The molecule has 0 aliphatic carbocycles. The molecule has 1 rings (SSSR count). The molecule has 3 N–H and O–H groups in total. The first-order chi connectivity index (χ1) is 7.92. The average molecular weight is 243 g/mol. The van der Waals surface area contributed by atoms with E-state index in [9.17, 15) is 4.79 Å². The lowest BCUT2D eigenvalue weighted by Crippen LogP contribution is -2.50. The zero-order valence-electron chi connectivity index (χ0n) is 11.5. The maximum atomic E-state index is 11.8. The lowest BCUT2D eigenvalue weighted by molar-refractivity contribution is -0.368. The quantitative estimate of drug-likeness (QED) is 0.819. The number of quaternary nitrogens is 1. The highest BCUT2D eigenvalue weighted by atomic mass is 16.6. The van der Waals surface area contributed by atoms with Gasteiger partial charge in [-0.05, 0) is 52.4 Å². The number of carbonyl (C=O) groups excluding carboxylic acids is 1. The summed E-state index contributed by atoms with van der Waals surface area (Å²) in [7, 11) is 0. The number of hydrogen-bond acceptors (Lipinski definition) is 2. The second kappa shape index (κ2) is 6.24. The molecule has 0 aromatic heterocycles. The van der Waals surface area contributed by atoms with E-state index in [0.717, 1.165) is 38.4 Å². The first-order valence-electron chi connectivity index (χ1n) is 6.69. The molecular formula is C13H27N2O2+. The molecule has 1 aliphatic rings. The Morgan fingerprint density at radius 1 is 1.35 bits per heavy atom. The van der Waals surface area contributed by atoms with Crippen molar-refractivity contribution in [1.29, 1.82) is 0 Å². The summed E-state index contributed by atoms with van der Waals surface area (Å²) < 4.78 is 5.37. The van der Waals surface area contributed by atoms with Crippen molar-refractivity contribution in [2.75, 3.05) is 19.6 Å². The number of rotatable bonds is 3. The molecule has 1 heterocycles. The Labute approximate surface area is 104 Å². The molecule has 0 bridgehead atoms. The summed E-state index contributed by atoms with van der Waals surface area (Å²) in [6, 6.07) is 0. The smallest absolute Gasteiger partial charge is 0.410 e. The number of hydrogen-bond donors (Lipinski definition) is 1. The van der Waals surface area contributed by atoms with Gasteiger partial charge in [0.15, 0.2) is 0 Å². The molecule has 17 heavy (non-hydrogen) atoms. The molecule has 4 heteroatoms. The topological polar surface area (TPSA) is 57.2 Å². The Morgan fingerprint density at radius 3 is 2.41 bits per heavy atom. The molecule has 0 aromatic carbocycles. The molecule has 0 spiro atoms. The van der Waals surface area contributed by atoms with Crippen LogP contribution in [0.2, 0.25) is 0 Å². The number of nitrogens with zero attached hydrogens (tertiary/aromatic N) is 1. The van der Waals surface area contributed by atoms with Crippen LogP contribution in [0, 0.1) is 5.92 Å². The lowest BCUT2D eigenvalue weighted by Gasteiger charge is -2.33. The highest BCUT2D eigenvalue weighted by Crippen LogP contribution is 2.22. The van der Waals surface area contributed by atoms with Gasteiger partial charge >= 0.3 is 6.09 Å². The summed E-state index contributed by atoms with van der Waals surface area (Å²) >= 11 is 0. The number of amides is 1. The Balaban J connectivity index is 2.29. The van der Waals surface area contributed by atoms with Gasteiger partial charge in [-0.3, -0.25) is 0 Å². The van der Waals surface area contributed by atoms with Crippen molar-refractivity contribution in [3.05, 3.63) is 0 Å². The van der Waals surface area contributed by atoms with E-state index in [2.05, 4.69) is 5.73 Å². The monoisotopic (exact) mass is 243 g/mol. The van der Waals surface area contributed by atoms with Gasteiger partial charge in [-0.15, -0.1) is 0 Å². The van der Waals surface area contributed by atoms with E-state index in [4.69, 9.17) is 4.74 Å². The van der Waals surface area contributed by atoms with Gasteiger partial charge in [0.25, 0.3) is 0 Å². The van der Waals surface area contributed by atoms with Crippen molar-refractivity contribution >= 4 is 6.09 Å². The van der Waals surface area contributed by atoms with Crippen LogP contribution in [0.15, 0.2) is 0 Å². The van der Waals surface area contributed by atoms with E-state index in [1.807, 2.05) is 25.7 Å². The van der Waals surface area contributed by atoms with Crippen LogP contribution in [0.4, 0.5) is 4.79 Å². The van der Waals surface area contributed by atoms with Crippen LogP contribution >= 0.6 is 0 Å². The van der Waals surface area contributed by atoms with E-state index in [0.29, 0.717) is 0 Å². The highest BCUT2D eigenvalue weighted by Gasteiger charge is 2.26. The van der Waals surface area contributed by atoms with E-state index in [1.54, 1.807) is 0 Å². The number of likely N-dealkylation sites (tertiary alicyclic amines) is 1. The van der Waals surface area contributed by atoms with Crippen LogP contribution in [0.1, 0.15) is 46.5 Å². The van der Waals surface area contributed by atoms with Crippen LogP contribution in [0.5, 0.6) is 0 Å². The van der Waals surface area contributed by atoms with E-state index in [1.165, 1.54) is 12.8 Å². The molecule has 1 saturated heterocycles. The fourth-order valence-corrected chi connectivity index (χ4v) is 2.16. The molecule has 0 unspecified atom stereocenters. The Hall–Kier alpha value is -0.770. The third-order valence-electron chi connectivity index (χ3n) is 3.13. The van der Waals surface area contributed by atoms with Gasteiger partial charge in [0, 0.05) is 13.1 Å². The van der Waals surface area contributed by atoms with Crippen LogP contribution in [-0.2, 0) is 4.74 Å². The Bertz CT molecular complexity index is 240. The maximum Gasteiger partial charge on any atom is 0.410 e. The molecule has 1 fully saturated rings. The summed E-state index contributed by atoms with van der Waals surface area (Å²) in [6.07, 6.45) is 4.52. The first kappa shape index (κ1) is 14.3. The molecule has 0 aromatic rings. The maximum absolute atomic E-state index is 11.8. The second-order valence-electron chi connectivity index (χ2n) is 5.91. The SMILES string of the molecule is CC(C)(C)OC(=O)N1CCC(CCC[NH3+])CC1. The molecule has 100 valence electrons. The summed E-state index contributed by atoms with van der Waals surface area (Å²) in [5.74, 6) is 0.774. The zero-order chi connectivity index (χ0) is 12.9. The van der Waals surface area contributed by atoms with E-state index in [-0.39, 0.29) is 11.7 Å². The third-order valence-corrected chi connectivity index (χ3v) is 3.13. The van der Waals surface area contributed by atoms with Gasteiger partial charge in [-0.1, -0.05) is 0 Å². The minimum Gasteiger partial charge on any atom is -0.444 e. The van der Waals surface area contributed by atoms with Crippen LogP contribution in [0.3, 0.4) is 0 Å². The first-order valence-corrected chi connectivity index (χ1v) is 6.69. The van der Waals surface area contributed by atoms with Gasteiger partial charge < -0.3 is 15.4 Å². The van der Waals surface area contributed by atoms with Crippen molar-refractivity contribution in [2.45, 2.75) is 52.1 Å². The molecule has 0 atom stereocenters. The molecule has 1 amide bonds. The molecule has 4 nitrogen and oxygen atoms in total. The highest BCUT2D eigenvalue weighted by molar-refractivity contribution is 5.68. The number of ether oxygens (including phenoxy) is 1. The van der Waals surface area contributed by atoms with Gasteiger partial charge in [0.2, 0.25) is 0 Å². The molecular weight excluding hydrogens is 216 g/mol. The van der Waals surface area contributed by atoms with Crippen LogP contribution < -0.4 is 5.73 Å². The van der Waals surface area contributed by atoms with Crippen LogP contribution in [0.25, 0.3) is 0 Å².